The van der Waals surface area contributed by atoms with Gasteiger partial charge in [-0.25, -0.2) is 0 Å². The molecule has 2 heterocycles. The molecule has 0 saturated carbocycles. The summed E-state index contributed by atoms with van der Waals surface area (Å²) in [4.78, 5) is 16.2. The van der Waals surface area contributed by atoms with Crippen LogP contribution in [0.2, 0.25) is 5.02 Å². The Hall–Kier alpha value is -3.01. The minimum absolute atomic E-state index is 0.0784. The van der Waals surface area contributed by atoms with E-state index in [0.717, 1.165) is 4.57 Å². The van der Waals surface area contributed by atoms with Crippen LogP contribution in [0, 0.1) is 0 Å². The van der Waals surface area contributed by atoms with Gasteiger partial charge in [-0.1, -0.05) is 16.8 Å². The molecule has 0 aliphatic heterocycles. The molecule has 11 heteroatoms. The van der Waals surface area contributed by atoms with Crippen molar-refractivity contribution in [3.05, 3.63) is 57.3 Å². The van der Waals surface area contributed by atoms with Crippen molar-refractivity contribution in [1.29, 1.82) is 0 Å². The lowest BCUT2D eigenvalue weighted by molar-refractivity contribution is -0.138. The number of halogens is 4. The highest BCUT2D eigenvalue weighted by Crippen LogP contribution is 2.32. The first kappa shape index (κ1) is 19.7. The van der Waals surface area contributed by atoms with Gasteiger partial charge in [0.05, 0.1) is 25.3 Å². The van der Waals surface area contributed by atoms with Gasteiger partial charge in [-0.05, 0) is 18.2 Å². The number of nitrogens with zero attached hydrogens (tertiary/aromatic N) is 3. The van der Waals surface area contributed by atoms with Crippen molar-refractivity contribution in [3.8, 4) is 22.9 Å². The number of methoxy groups -OCH3 is 2. The van der Waals surface area contributed by atoms with Crippen LogP contribution in [0.25, 0.3) is 11.4 Å². The van der Waals surface area contributed by atoms with Gasteiger partial charge >= 0.3 is 6.18 Å². The van der Waals surface area contributed by atoms with Gasteiger partial charge in [0.15, 0.2) is 0 Å². The molecule has 0 spiro atoms. The zero-order valence-electron chi connectivity index (χ0n) is 14.6. The molecular weight excluding hydrogens is 403 g/mol. The number of aromatic nitrogens is 3. The van der Waals surface area contributed by atoms with E-state index in [4.69, 9.17) is 25.6 Å². The standard InChI is InChI=1S/C17H13ClF3N3O4/c1-26-10-3-4-11(13(6-10)27-2)15-22-14(28-23-15)8-24-7-9(17(19,20)21)5-12(18)16(24)25/h3-7H,8H2,1-2H3. The number of benzene rings is 1. The molecule has 1 aromatic carbocycles. The fourth-order valence-electron chi connectivity index (χ4n) is 2.43. The second-order valence-corrected chi connectivity index (χ2v) is 5.99. The number of pyridine rings is 1. The molecule has 7 nitrogen and oxygen atoms in total. The van der Waals surface area contributed by atoms with E-state index in [1.807, 2.05) is 0 Å². The normalized spacial score (nSPS) is 11.5. The number of rotatable bonds is 5. The Bertz CT molecular complexity index is 1060. The first-order chi connectivity index (χ1) is 13.2. The molecule has 0 bridgehead atoms. The third-order valence-electron chi connectivity index (χ3n) is 3.79. The molecule has 0 aliphatic carbocycles. The topological polar surface area (TPSA) is 79.4 Å². The maximum atomic E-state index is 12.9. The lowest BCUT2D eigenvalue weighted by Gasteiger charge is -2.10. The van der Waals surface area contributed by atoms with Gasteiger partial charge in [0.1, 0.15) is 23.1 Å². The van der Waals surface area contributed by atoms with Crippen LogP contribution in [-0.2, 0) is 12.7 Å². The third-order valence-corrected chi connectivity index (χ3v) is 4.06. The van der Waals surface area contributed by atoms with Crippen molar-refractivity contribution in [2.45, 2.75) is 12.7 Å². The molecule has 148 valence electrons. The molecule has 3 rings (SSSR count). The molecule has 0 N–H and O–H groups in total. The Morgan fingerprint density at radius 2 is 1.96 bits per heavy atom. The molecule has 0 saturated heterocycles. The van der Waals surface area contributed by atoms with E-state index in [9.17, 15) is 18.0 Å². The zero-order valence-corrected chi connectivity index (χ0v) is 15.3. The zero-order chi connectivity index (χ0) is 20.5. The van der Waals surface area contributed by atoms with Crippen LogP contribution in [0.1, 0.15) is 11.5 Å². The fraction of sp³-hybridized carbons (Fsp3) is 0.235. The monoisotopic (exact) mass is 415 g/mol. The van der Waals surface area contributed by atoms with Gasteiger partial charge in [0.25, 0.3) is 5.56 Å². The predicted octanol–water partition coefficient (Wildman–Crippen LogP) is 3.64. The highest BCUT2D eigenvalue weighted by molar-refractivity contribution is 6.30. The minimum Gasteiger partial charge on any atom is -0.497 e. The number of ether oxygens (including phenoxy) is 2. The fourth-order valence-corrected chi connectivity index (χ4v) is 2.66. The van der Waals surface area contributed by atoms with Gasteiger partial charge in [-0.2, -0.15) is 18.2 Å². The highest BCUT2D eigenvalue weighted by atomic mass is 35.5. The van der Waals surface area contributed by atoms with E-state index in [-0.39, 0.29) is 18.3 Å². The quantitative estimate of drug-likeness (QED) is 0.633. The Balaban J connectivity index is 1.94. The van der Waals surface area contributed by atoms with Crippen molar-refractivity contribution in [2.24, 2.45) is 0 Å². The SMILES string of the molecule is COc1ccc(-c2noc(Cn3cc(C(F)(F)F)cc(Cl)c3=O)n2)c(OC)c1. The first-order valence-corrected chi connectivity index (χ1v) is 8.13. The van der Waals surface area contributed by atoms with Gasteiger partial charge in [-0.3, -0.25) is 4.79 Å². The summed E-state index contributed by atoms with van der Waals surface area (Å²) in [5.74, 6) is 1.02. The Morgan fingerprint density at radius 3 is 2.61 bits per heavy atom. The molecule has 28 heavy (non-hydrogen) atoms. The van der Waals surface area contributed by atoms with Crippen molar-refractivity contribution >= 4 is 11.6 Å². The molecule has 0 amide bonds. The summed E-state index contributed by atoms with van der Waals surface area (Å²) in [5.41, 5.74) is -1.39. The van der Waals surface area contributed by atoms with Crippen LogP contribution >= 0.6 is 11.6 Å². The maximum absolute atomic E-state index is 12.9. The van der Waals surface area contributed by atoms with E-state index in [0.29, 0.717) is 29.3 Å². The van der Waals surface area contributed by atoms with Crippen molar-refractivity contribution < 1.29 is 27.2 Å². The summed E-state index contributed by atoms with van der Waals surface area (Å²) in [6, 6.07) is 5.48. The first-order valence-electron chi connectivity index (χ1n) is 7.75. The van der Waals surface area contributed by atoms with Crippen LogP contribution in [-0.4, -0.2) is 28.9 Å². The third kappa shape index (κ3) is 3.96. The Morgan fingerprint density at radius 1 is 1.21 bits per heavy atom. The predicted molar refractivity (Wildman–Crippen MR) is 92.7 cm³/mol. The smallest absolute Gasteiger partial charge is 0.417 e. The molecule has 0 fully saturated rings. The van der Waals surface area contributed by atoms with Crippen molar-refractivity contribution in [2.75, 3.05) is 14.2 Å². The largest absolute Gasteiger partial charge is 0.497 e. The summed E-state index contributed by atoms with van der Waals surface area (Å²) >= 11 is 5.63. The maximum Gasteiger partial charge on any atom is 0.417 e. The summed E-state index contributed by atoms with van der Waals surface area (Å²) < 4.78 is 55.0. The molecule has 0 radical (unpaired) electrons. The molecule has 0 atom stereocenters. The van der Waals surface area contributed by atoms with E-state index in [1.165, 1.54) is 14.2 Å². The van der Waals surface area contributed by atoms with Crippen LogP contribution in [0.3, 0.4) is 0 Å². The van der Waals surface area contributed by atoms with Gasteiger partial charge in [0.2, 0.25) is 11.7 Å². The van der Waals surface area contributed by atoms with Crippen LogP contribution in [0.4, 0.5) is 13.2 Å². The van der Waals surface area contributed by atoms with E-state index >= 15 is 0 Å². The van der Waals surface area contributed by atoms with Crippen LogP contribution in [0.15, 0.2) is 39.8 Å². The Kier molecular flexibility index (Phi) is 5.32. The lowest BCUT2D eigenvalue weighted by Crippen LogP contribution is -2.23. The van der Waals surface area contributed by atoms with Crippen molar-refractivity contribution in [3.63, 3.8) is 0 Å². The summed E-state index contributed by atoms with van der Waals surface area (Å²) in [5, 5.41) is 3.23. The lowest BCUT2D eigenvalue weighted by atomic mass is 10.2. The molecule has 0 aliphatic rings. The second kappa shape index (κ2) is 7.55. The van der Waals surface area contributed by atoms with Gasteiger partial charge < -0.3 is 18.6 Å². The molecular formula is C17H13ClF3N3O4. The highest BCUT2D eigenvalue weighted by Gasteiger charge is 2.32. The van der Waals surface area contributed by atoms with Gasteiger partial charge in [0, 0.05) is 12.3 Å². The van der Waals surface area contributed by atoms with Crippen LogP contribution < -0.4 is 15.0 Å². The van der Waals surface area contributed by atoms with E-state index in [2.05, 4.69) is 10.1 Å². The van der Waals surface area contributed by atoms with Gasteiger partial charge in [-0.15, -0.1) is 0 Å². The number of hydrogen-bond acceptors (Lipinski definition) is 6. The average Bonchev–Trinajstić information content (AvgIpc) is 3.12. The van der Waals surface area contributed by atoms with E-state index < -0.39 is 22.3 Å². The number of hydrogen-bond donors (Lipinski definition) is 0. The van der Waals surface area contributed by atoms with Crippen LogP contribution in [0.5, 0.6) is 11.5 Å². The average molecular weight is 416 g/mol. The molecule has 2 aromatic heterocycles. The summed E-state index contributed by atoms with van der Waals surface area (Å²) in [7, 11) is 2.95. The van der Waals surface area contributed by atoms with Crippen molar-refractivity contribution in [1.82, 2.24) is 14.7 Å². The molecule has 0 unspecified atom stereocenters. The van der Waals surface area contributed by atoms with E-state index in [1.54, 1.807) is 18.2 Å². The number of alkyl halides is 3. The molecule has 3 aromatic rings. The minimum atomic E-state index is -4.66. The summed E-state index contributed by atoms with van der Waals surface area (Å²) in [6.07, 6.45) is -4.01. The Labute approximate surface area is 161 Å². The summed E-state index contributed by atoms with van der Waals surface area (Å²) in [6.45, 7) is -0.381. The second-order valence-electron chi connectivity index (χ2n) is 5.59.